The number of benzene rings is 1. The van der Waals surface area contributed by atoms with Crippen molar-refractivity contribution in [3.8, 4) is 0 Å². The third-order valence-corrected chi connectivity index (χ3v) is 3.37. The Bertz CT molecular complexity index is 635. The molecule has 18 heavy (non-hydrogen) atoms. The molecule has 0 aliphatic heterocycles. The zero-order valence-electron chi connectivity index (χ0n) is 9.97. The van der Waals surface area contributed by atoms with Gasteiger partial charge < -0.3 is 4.52 Å². The Kier molecular flexibility index (Phi) is 3.24. The quantitative estimate of drug-likeness (QED) is 0.888. The van der Waals surface area contributed by atoms with E-state index in [-0.39, 0.29) is 5.88 Å². The fraction of sp³-hybridized carbons (Fsp3) is 0.182. The molecule has 2 N–H and O–H groups in total. The van der Waals surface area contributed by atoms with E-state index in [1.165, 1.54) is 0 Å². The first kappa shape index (κ1) is 12.4. The Hall–Kier alpha value is -2.02. The molecule has 2 aromatic rings. The van der Waals surface area contributed by atoms with E-state index < -0.39 is 10.2 Å². The molecule has 0 atom stereocenters. The first-order valence-corrected chi connectivity index (χ1v) is 6.75. The predicted octanol–water partition coefficient (Wildman–Crippen LogP) is 2.06. The van der Waals surface area contributed by atoms with Gasteiger partial charge in [0.15, 0.2) is 0 Å². The first-order valence-electron chi connectivity index (χ1n) is 5.26. The van der Waals surface area contributed by atoms with Crippen molar-refractivity contribution in [1.29, 1.82) is 0 Å². The minimum Gasteiger partial charge on any atom is -0.337 e. The minimum atomic E-state index is -3.73. The van der Waals surface area contributed by atoms with Crippen LogP contribution in [0.25, 0.3) is 0 Å². The molecule has 0 spiro atoms. The van der Waals surface area contributed by atoms with E-state index in [0.29, 0.717) is 16.9 Å². The SMILES string of the molecule is Cc1noc(NS(=O)(=O)Nc2ccccc2)c1C. The van der Waals surface area contributed by atoms with Crippen LogP contribution in [0.1, 0.15) is 11.3 Å². The molecule has 0 saturated heterocycles. The van der Waals surface area contributed by atoms with Crippen molar-refractivity contribution < 1.29 is 12.9 Å². The Morgan fingerprint density at radius 1 is 1.11 bits per heavy atom. The highest BCUT2D eigenvalue weighted by Gasteiger charge is 2.16. The van der Waals surface area contributed by atoms with Crippen LogP contribution in [0.5, 0.6) is 0 Å². The lowest BCUT2D eigenvalue weighted by Gasteiger charge is -2.08. The van der Waals surface area contributed by atoms with Crippen molar-refractivity contribution in [3.05, 3.63) is 41.6 Å². The van der Waals surface area contributed by atoms with E-state index in [2.05, 4.69) is 14.6 Å². The number of anilines is 2. The number of nitrogens with one attached hydrogen (secondary N) is 2. The average Bonchev–Trinajstić information content (AvgIpc) is 2.61. The number of rotatable bonds is 4. The van der Waals surface area contributed by atoms with E-state index >= 15 is 0 Å². The second-order valence-electron chi connectivity index (χ2n) is 3.80. The van der Waals surface area contributed by atoms with Crippen molar-refractivity contribution in [2.75, 3.05) is 9.44 Å². The largest absolute Gasteiger partial charge is 0.337 e. The summed E-state index contributed by atoms with van der Waals surface area (Å²) in [6.45, 7) is 3.47. The normalized spacial score (nSPS) is 11.2. The van der Waals surface area contributed by atoms with E-state index in [4.69, 9.17) is 4.52 Å². The molecule has 2 rings (SSSR count). The molecule has 1 aromatic heterocycles. The van der Waals surface area contributed by atoms with Crippen molar-refractivity contribution in [2.45, 2.75) is 13.8 Å². The molecule has 0 bridgehead atoms. The number of nitrogens with zero attached hydrogens (tertiary/aromatic N) is 1. The summed E-state index contributed by atoms with van der Waals surface area (Å²) < 4.78 is 33.2. The van der Waals surface area contributed by atoms with Gasteiger partial charge in [0.05, 0.1) is 11.4 Å². The van der Waals surface area contributed by atoms with Gasteiger partial charge in [0.2, 0.25) is 5.88 Å². The van der Waals surface area contributed by atoms with Gasteiger partial charge in [0.1, 0.15) is 0 Å². The van der Waals surface area contributed by atoms with Gasteiger partial charge in [-0.3, -0.25) is 4.72 Å². The topological polar surface area (TPSA) is 84.2 Å². The van der Waals surface area contributed by atoms with Crippen LogP contribution >= 0.6 is 0 Å². The van der Waals surface area contributed by atoms with E-state index in [0.717, 1.165) is 0 Å². The highest BCUT2D eigenvalue weighted by molar-refractivity contribution is 7.94. The summed E-state index contributed by atoms with van der Waals surface area (Å²) in [5, 5.41) is 3.68. The molecule has 0 unspecified atom stereocenters. The molecule has 0 fully saturated rings. The second-order valence-corrected chi connectivity index (χ2v) is 5.21. The van der Waals surface area contributed by atoms with Crippen LogP contribution < -0.4 is 9.44 Å². The number of aromatic nitrogens is 1. The number of hydrogen-bond donors (Lipinski definition) is 2. The van der Waals surface area contributed by atoms with Crippen molar-refractivity contribution >= 4 is 21.8 Å². The first-order chi connectivity index (χ1) is 8.48. The van der Waals surface area contributed by atoms with Crippen LogP contribution in [0.2, 0.25) is 0 Å². The lowest BCUT2D eigenvalue weighted by atomic mass is 10.3. The minimum absolute atomic E-state index is 0.121. The average molecular weight is 267 g/mol. The highest BCUT2D eigenvalue weighted by atomic mass is 32.2. The number of hydrogen-bond acceptors (Lipinski definition) is 4. The molecule has 1 aromatic carbocycles. The van der Waals surface area contributed by atoms with Crippen LogP contribution in [0.3, 0.4) is 0 Å². The van der Waals surface area contributed by atoms with Gasteiger partial charge >= 0.3 is 10.2 Å². The monoisotopic (exact) mass is 267 g/mol. The van der Waals surface area contributed by atoms with Gasteiger partial charge in [-0.15, -0.1) is 0 Å². The standard InChI is InChI=1S/C11H13N3O3S/c1-8-9(2)12-17-11(8)14-18(15,16)13-10-6-4-3-5-7-10/h3-7,13-14H,1-2H3. The maximum absolute atomic E-state index is 11.8. The molecule has 0 aliphatic carbocycles. The molecule has 0 saturated carbocycles. The third-order valence-electron chi connectivity index (χ3n) is 2.41. The molecule has 7 heteroatoms. The van der Waals surface area contributed by atoms with E-state index in [1.54, 1.807) is 44.2 Å². The molecule has 0 radical (unpaired) electrons. The number of para-hydroxylation sites is 1. The summed E-state index contributed by atoms with van der Waals surface area (Å²) in [5.41, 5.74) is 1.78. The predicted molar refractivity (Wildman–Crippen MR) is 68.6 cm³/mol. The summed E-state index contributed by atoms with van der Waals surface area (Å²) in [5.74, 6) is 0.121. The zero-order chi connectivity index (χ0) is 13.2. The highest BCUT2D eigenvalue weighted by Crippen LogP contribution is 2.19. The molecule has 96 valence electrons. The lowest BCUT2D eigenvalue weighted by Crippen LogP contribution is -2.21. The summed E-state index contributed by atoms with van der Waals surface area (Å²) in [4.78, 5) is 0. The molecule has 1 heterocycles. The van der Waals surface area contributed by atoms with Gasteiger partial charge in [0, 0.05) is 5.56 Å². The van der Waals surface area contributed by atoms with Crippen LogP contribution in [-0.2, 0) is 10.2 Å². The van der Waals surface area contributed by atoms with E-state index in [1.807, 2.05) is 0 Å². The molecule has 6 nitrogen and oxygen atoms in total. The Labute approximate surface area is 105 Å². The van der Waals surface area contributed by atoms with Crippen molar-refractivity contribution in [2.24, 2.45) is 0 Å². The molecule has 0 amide bonds. The van der Waals surface area contributed by atoms with Crippen molar-refractivity contribution in [3.63, 3.8) is 0 Å². The zero-order valence-corrected chi connectivity index (χ0v) is 10.8. The summed E-state index contributed by atoms with van der Waals surface area (Å²) >= 11 is 0. The Balaban J connectivity index is 2.16. The molecule has 0 aliphatic rings. The van der Waals surface area contributed by atoms with Crippen LogP contribution in [0.4, 0.5) is 11.6 Å². The van der Waals surface area contributed by atoms with Gasteiger partial charge in [-0.1, -0.05) is 23.4 Å². The van der Waals surface area contributed by atoms with Crippen molar-refractivity contribution in [1.82, 2.24) is 5.16 Å². The fourth-order valence-electron chi connectivity index (χ4n) is 1.32. The smallest absolute Gasteiger partial charge is 0.323 e. The van der Waals surface area contributed by atoms with Gasteiger partial charge in [0.25, 0.3) is 0 Å². The summed E-state index contributed by atoms with van der Waals surface area (Å²) in [6.07, 6.45) is 0. The maximum Gasteiger partial charge on any atom is 0.323 e. The van der Waals surface area contributed by atoms with Crippen LogP contribution in [0, 0.1) is 13.8 Å². The van der Waals surface area contributed by atoms with Gasteiger partial charge in [-0.2, -0.15) is 8.42 Å². The van der Waals surface area contributed by atoms with Crippen LogP contribution in [0.15, 0.2) is 34.9 Å². The lowest BCUT2D eigenvalue weighted by molar-refractivity contribution is 0.430. The second kappa shape index (κ2) is 4.69. The van der Waals surface area contributed by atoms with Gasteiger partial charge in [-0.25, -0.2) is 4.72 Å². The maximum atomic E-state index is 11.8. The van der Waals surface area contributed by atoms with Gasteiger partial charge in [-0.05, 0) is 26.0 Å². The number of aryl methyl sites for hydroxylation is 1. The third kappa shape index (κ3) is 2.80. The summed E-state index contributed by atoms with van der Waals surface area (Å²) in [6, 6.07) is 8.58. The fourth-order valence-corrected chi connectivity index (χ4v) is 2.25. The Morgan fingerprint density at radius 2 is 1.78 bits per heavy atom. The Morgan fingerprint density at radius 3 is 2.33 bits per heavy atom. The molecular formula is C11H13N3O3S. The van der Waals surface area contributed by atoms with E-state index in [9.17, 15) is 8.42 Å². The summed E-state index contributed by atoms with van der Waals surface area (Å²) in [7, 11) is -3.73. The van der Waals surface area contributed by atoms with Crippen LogP contribution in [-0.4, -0.2) is 13.6 Å². The molecular weight excluding hydrogens is 254 g/mol.